The van der Waals surface area contributed by atoms with E-state index in [2.05, 4.69) is 5.32 Å². The fourth-order valence-electron chi connectivity index (χ4n) is 3.43. The zero-order chi connectivity index (χ0) is 26.9. The number of methoxy groups -OCH3 is 1. The molecule has 1 aliphatic heterocycles. The first-order chi connectivity index (χ1) is 17.5. The SMILES string of the molecule is COc1cc(/C=C2\C(=O)NC(=O)N(c3ccc(C)c(Cl)c3)C2=O)cc(Cl)c1OS(=O)(=O)c1ccccc1. The van der Waals surface area contributed by atoms with Crippen LogP contribution in [-0.4, -0.2) is 33.4 Å². The predicted molar refractivity (Wildman–Crippen MR) is 137 cm³/mol. The van der Waals surface area contributed by atoms with Crippen LogP contribution in [0.5, 0.6) is 11.5 Å². The molecule has 1 heterocycles. The fourth-order valence-corrected chi connectivity index (χ4v) is 4.88. The van der Waals surface area contributed by atoms with Gasteiger partial charge in [-0.25, -0.2) is 9.69 Å². The molecule has 1 N–H and O–H groups in total. The lowest BCUT2D eigenvalue weighted by molar-refractivity contribution is -0.122. The summed E-state index contributed by atoms with van der Waals surface area (Å²) in [5.74, 6) is -2.16. The second-order valence-corrected chi connectivity index (χ2v) is 10.1. The van der Waals surface area contributed by atoms with Crippen molar-refractivity contribution in [2.75, 3.05) is 12.0 Å². The molecule has 1 saturated heterocycles. The summed E-state index contributed by atoms with van der Waals surface area (Å²) in [5, 5.41) is 2.29. The summed E-state index contributed by atoms with van der Waals surface area (Å²) in [6, 6.07) is 13.7. The van der Waals surface area contributed by atoms with Gasteiger partial charge in [-0.2, -0.15) is 8.42 Å². The lowest BCUT2D eigenvalue weighted by Crippen LogP contribution is -2.54. The number of nitrogens with one attached hydrogen (secondary N) is 1. The molecule has 4 amide bonds. The van der Waals surface area contributed by atoms with Gasteiger partial charge < -0.3 is 8.92 Å². The Labute approximate surface area is 222 Å². The van der Waals surface area contributed by atoms with Crippen LogP contribution in [0.4, 0.5) is 10.5 Å². The Balaban J connectivity index is 1.71. The first kappa shape index (κ1) is 26.2. The molecule has 0 bridgehead atoms. The van der Waals surface area contributed by atoms with Gasteiger partial charge in [0, 0.05) is 5.02 Å². The van der Waals surface area contributed by atoms with Gasteiger partial charge in [0.25, 0.3) is 11.8 Å². The van der Waals surface area contributed by atoms with Gasteiger partial charge >= 0.3 is 16.1 Å². The molecule has 3 aromatic rings. The number of carbonyl (C=O) groups is 3. The van der Waals surface area contributed by atoms with Gasteiger partial charge in [-0.05, 0) is 60.5 Å². The molecule has 0 unspecified atom stereocenters. The van der Waals surface area contributed by atoms with E-state index in [9.17, 15) is 22.8 Å². The molecule has 12 heteroatoms. The van der Waals surface area contributed by atoms with E-state index in [1.54, 1.807) is 19.1 Å². The molecule has 0 saturated carbocycles. The number of barbiturate groups is 1. The van der Waals surface area contributed by atoms with Crippen molar-refractivity contribution in [3.05, 3.63) is 87.4 Å². The number of benzene rings is 3. The average molecular weight is 561 g/mol. The number of ether oxygens (including phenoxy) is 1. The lowest BCUT2D eigenvalue weighted by atomic mass is 10.1. The minimum absolute atomic E-state index is 0.0687. The normalized spacial score (nSPS) is 15.1. The average Bonchev–Trinajstić information content (AvgIpc) is 2.85. The number of rotatable bonds is 6. The summed E-state index contributed by atoms with van der Waals surface area (Å²) < 4.78 is 35.8. The summed E-state index contributed by atoms with van der Waals surface area (Å²) in [5.41, 5.74) is 0.739. The third-order valence-corrected chi connectivity index (χ3v) is 7.23. The highest BCUT2D eigenvalue weighted by Gasteiger charge is 2.37. The molecule has 4 rings (SSSR count). The number of imide groups is 2. The third-order valence-electron chi connectivity index (χ3n) is 5.30. The minimum Gasteiger partial charge on any atom is -0.493 e. The minimum atomic E-state index is -4.23. The third kappa shape index (κ3) is 5.31. The molecule has 9 nitrogen and oxygen atoms in total. The van der Waals surface area contributed by atoms with E-state index in [0.29, 0.717) is 5.02 Å². The molecule has 0 atom stereocenters. The van der Waals surface area contributed by atoms with Crippen LogP contribution in [0.3, 0.4) is 0 Å². The van der Waals surface area contributed by atoms with E-state index in [4.69, 9.17) is 32.1 Å². The Morgan fingerprint density at radius 1 is 0.946 bits per heavy atom. The van der Waals surface area contributed by atoms with Gasteiger partial charge in [0.2, 0.25) is 5.75 Å². The Morgan fingerprint density at radius 3 is 2.30 bits per heavy atom. The second-order valence-electron chi connectivity index (χ2n) is 7.78. The van der Waals surface area contributed by atoms with E-state index in [-0.39, 0.29) is 38.2 Å². The lowest BCUT2D eigenvalue weighted by Gasteiger charge is -2.26. The Bertz CT molecular complexity index is 1570. The maximum Gasteiger partial charge on any atom is 0.339 e. The second kappa shape index (κ2) is 10.3. The zero-order valence-electron chi connectivity index (χ0n) is 19.3. The standard InChI is InChI=1S/C25H18Cl2N2O7S/c1-14-8-9-16(13-19(14)26)29-24(31)18(23(30)28-25(29)32)10-15-11-20(27)22(21(12-15)35-2)36-37(33,34)17-6-4-3-5-7-17/h3-13H,1-2H3,(H,28,30,32)/b18-10+. The van der Waals surface area contributed by atoms with Gasteiger partial charge in [0.15, 0.2) is 5.75 Å². The number of carbonyl (C=O) groups excluding carboxylic acids is 3. The first-order valence-corrected chi connectivity index (χ1v) is 12.7. The number of halogens is 2. The van der Waals surface area contributed by atoms with Gasteiger partial charge in [0.1, 0.15) is 10.5 Å². The maximum absolute atomic E-state index is 13.2. The highest BCUT2D eigenvalue weighted by Crippen LogP contribution is 2.39. The molecule has 1 aliphatic rings. The highest BCUT2D eigenvalue weighted by atomic mass is 35.5. The van der Waals surface area contributed by atoms with Gasteiger partial charge in [-0.3, -0.25) is 14.9 Å². The number of aryl methyl sites for hydroxylation is 1. The van der Waals surface area contributed by atoms with Crippen LogP contribution in [-0.2, 0) is 19.7 Å². The monoisotopic (exact) mass is 560 g/mol. The van der Waals surface area contributed by atoms with Crippen molar-refractivity contribution >= 4 is 62.9 Å². The maximum atomic E-state index is 13.2. The molecule has 190 valence electrons. The number of nitrogens with zero attached hydrogens (tertiary/aromatic N) is 1. The van der Waals surface area contributed by atoms with E-state index >= 15 is 0 Å². The quantitative estimate of drug-likeness (QED) is 0.262. The van der Waals surface area contributed by atoms with Crippen LogP contribution in [0.1, 0.15) is 11.1 Å². The van der Waals surface area contributed by atoms with Crippen molar-refractivity contribution in [2.24, 2.45) is 0 Å². The predicted octanol–water partition coefficient (Wildman–Crippen LogP) is 4.74. The highest BCUT2D eigenvalue weighted by molar-refractivity contribution is 7.87. The van der Waals surface area contributed by atoms with Crippen molar-refractivity contribution in [3.63, 3.8) is 0 Å². The number of anilines is 1. The molecule has 37 heavy (non-hydrogen) atoms. The van der Waals surface area contributed by atoms with Crippen molar-refractivity contribution in [2.45, 2.75) is 11.8 Å². The topological polar surface area (TPSA) is 119 Å². The van der Waals surface area contributed by atoms with Crippen molar-refractivity contribution in [3.8, 4) is 11.5 Å². The summed E-state index contributed by atoms with van der Waals surface area (Å²) in [6.07, 6.45) is 1.19. The summed E-state index contributed by atoms with van der Waals surface area (Å²) in [7, 11) is -2.96. The number of amides is 4. The molecule has 0 aromatic heterocycles. The van der Waals surface area contributed by atoms with Crippen LogP contribution in [0.2, 0.25) is 10.0 Å². The van der Waals surface area contributed by atoms with Crippen LogP contribution < -0.4 is 19.1 Å². The smallest absolute Gasteiger partial charge is 0.339 e. The number of hydrogen-bond acceptors (Lipinski definition) is 7. The van der Waals surface area contributed by atoms with Crippen molar-refractivity contribution in [1.29, 1.82) is 0 Å². The molecule has 0 aliphatic carbocycles. The summed E-state index contributed by atoms with van der Waals surface area (Å²) >= 11 is 12.5. The Kier molecular flexibility index (Phi) is 7.26. The van der Waals surface area contributed by atoms with Crippen LogP contribution >= 0.6 is 23.2 Å². The molecular weight excluding hydrogens is 543 g/mol. The molecular formula is C25H18Cl2N2O7S. The summed E-state index contributed by atoms with van der Waals surface area (Å²) in [4.78, 5) is 38.8. The molecule has 0 spiro atoms. The zero-order valence-corrected chi connectivity index (χ0v) is 21.6. The summed E-state index contributed by atoms with van der Waals surface area (Å²) in [6.45, 7) is 1.76. The first-order valence-electron chi connectivity index (χ1n) is 10.6. The van der Waals surface area contributed by atoms with Gasteiger partial charge in [0.05, 0.1) is 17.8 Å². The largest absolute Gasteiger partial charge is 0.493 e. The molecule has 3 aromatic carbocycles. The van der Waals surface area contributed by atoms with Gasteiger partial charge in [-0.15, -0.1) is 0 Å². The Morgan fingerprint density at radius 2 is 1.65 bits per heavy atom. The fraction of sp³-hybridized carbons (Fsp3) is 0.0800. The van der Waals surface area contributed by atoms with Crippen LogP contribution in [0, 0.1) is 6.92 Å². The van der Waals surface area contributed by atoms with Gasteiger partial charge in [-0.1, -0.05) is 47.5 Å². The number of urea groups is 1. The Hall–Kier alpha value is -3.86. The number of hydrogen-bond donors (Lipinski definition) is 1. The molecule has 1 fully saturated rings. The van der Waals surface area contributed by atoms with Crippen LogP contribution in [0.25, 0.3) is 6.08 Å². The molecule has 0 radical (unpaired) electrons. The van der Waals surface area contributed by atoms with Crippen molar-refractivity contribution in [1.82, 2.24) is 5.32 Å². The van der Waals surface area contributed by atoms with E-state index < -0.39 is 28.0 Å². The van der Waals surface area contributed by atoms with Crippen LogP contribution in [0.15, 0.2) is 71.1 Å². The van der Waals surface area contributed by atoms with Crippen molar-refractivity contribution < 1.29 is 31.7 Å². The van der Waals surface area contributed by atoms with E-state index in [1.807, 2.05) is 0 Å². The van der Waals surface area contributed by atoms with E-state index in [0.717, 1.165) is 10.5 Å². The van der Waals surface area contributed by atoms with E-state index in [1.165, 1.54) is 61.7 Å².